The van der Waals surface area contributed by atoms with Gasteiger partial charge in [0.2, 0.25) is 0 Å². The van der Waals surface area contributed by atoms with E-state index in [1.54, 1.807) is 24.1 Å². The van der Waals surface area contributed by atoms with E-state index in [1.807, 2.05) is 13.0 Å². The summed E-state index contributed by atoms with van der Waals surface area (Å²) in [6.45, 7) is 4.07. The Bertz CT molecular complexity index is 1040. The Kier molecular flexibility index (Phi) is 4.71. The number of amides is 1. The van der Waals surface area contributed by atoms with Crippen LogP contribution in [0.25, 0.3) is 10.4 Å². The summed E-state index contributed by atoms with van der Waals surface area (Å²) in [5, 5.41) is 12.8. The quantitative estimate of drug-likeness (QED) is 0.696. The van der Waals surface area contributed by atoms with Crippen LogP contribution in [0.3, 0.4) is 0 Å². The number of aliphatic hydroxyl groups is 1. The Morgan fingerprint density at radius 3 is 2.64 bits per heavy atom. The van der Waals surface area contributed by atoms with Crippen molar-refractivity contribution in [2.45, 2.75) is 50.4 Å². The molecule has 9 heteroatoms. The van der Waals surface area contributed by atoms with Gasteiger partial charge in [-0.2, -0.15) is 0 Å². The predicted octanol–water partition coefficient (Wildman–Crippen LogP) is 2.72. The molecule has 2 N–H and O–H groups in total. The fourth-order valence-corrected chi connectivity index (χ4v) is 5.50. The molecule has 2 aromatic rings. The second-order valence-corrected chi connectivity index (χ2v) is 10.7. The van der Waals surface area contributed by atoms with Crippen molar-refractivity contribution in [2.75, 3.05) is 11.6 Å². The first-order valence-electron chi connectivity index (χ1n) is 9.24. The monoisotopic (exact) mass is 421 g/mol. The number of hydrogen-bond donors (Lipinski definition) is 2. The van der Waals surface area contributed by atoms with Crippen molar-refractivity contribution in [2.24, 2.45) is 5.92 Å². The van der Waals surface area contributed by atoms with Crippen LogP contribution in [-0.4, -0.2) is 47.8 Å². The number of thiazole rings is 1. The highest BCUT2D eigenvalue weighted by Gasteiger charge is 2.40. The zero-order valence-electron chi connectivity index (χ0n) is 16.0. The average molecular weight is 422 g/mol. The molecule has 1 saturated carbocycles. The van der Waals surface area contributed by atoms with Crippen molar-refractivity contribution >= 4 is 32.2 Å². The van der Waals surface area contributed by atoms with Gasteiger partial charge in [-0.25, -0.2) is 13.4 Å². The molecule has 1 aliphatic carbocycles. The highest BCUT2D eigenvalue weighted by molar-refractivity contribution is 7.90. The molecular formula is C19H23N3O4S2. The summed E-state index contributed by atoms with van der Waals surface area (Å²) in [7, 11) is -3.58. The van der Waals surface area contributed by atoms with Gasteiger partial charge in [0.15, 0.2) is 15.0 Å². The molecule has 1 aliphatic heterocycles. The van der Waals surface area contributed by atoms with Crippen LogP contribution in [-0.2, 0) is 16.4 Å². The number of benzene rings is 1. The summed E-state index contributed by atoms with van der Waals surface area (Å²) >= 11 is 1.33. The summed E-state index contributed by atoms with van der Waals surface area (Å²) in [6.07, 6.45) is 4.28. The standard InChI is InChI=1S/C19H23N3O4S2/c1-10(12-4-5-12)22-9-14-6-13(15-8-20-19(27-15)21-11(2)23)7-16(28(3,25)26)17(14)18(22)24/h6-8,10-12,23H,4-5,9H2,1-3H3,(H,20,21)/t10-,11?/m0/s1. The van der Waals surface area contributed by atoms with Gasteiger partial charge in [0.05, 0.1) is 15.3 Å². The molecule has 2 heterocycles. The molecule has 1 aromatic heterocycles. The number of sulfone groups is 1. The predicted molar refractivity (Wildman–Crippen MR) is 108 cm³/mol. The first-order chi connectivity index (χ1) is 13.1. The van der Waals surface area contributed by atoms with Crippen LogP contribution in [0.1, 0.15) is 42.6 Å². The Balaban J connectivity index is 1.77. The molecule has 4 rings (SSSR count). The van der Waals surface area contributed by atoms with Gasteiger partial charge in [-0.1, -0.05) is 11.3 Å². The maximum absolute atomic E-state index is 13.0. The molecule has 1 unspecified atom stereocenters. The minimum atomic E-state index is -3.58. The van der Waals surface area contributed by atoms with Gasteiger partial charge in [0.1, 0.15) is 6.23 Å². The summed E-state index contributed by atoms with van der Waals surface area (Å²) in [5.74, 6) is 0.317. The van der Waals surface area contributed by atoms with E-state index in [4.69, 9.17) is 0 Å². The first-order valence-corrected chi connectivity index (χ1v) is 11.9. The topological polar surface area (TPSA) is 99.6 Å². The maximum Gasteiger partial charge on any atom is 0.256 e. The fraction of sp³-hybridized carbons (Fsp3) is 0.474. The van der Waals surface area contributed by atoms with Crippen LogP contribution in [0.4, 0.5) is 5.13 Å². The fourth-order valence-electron chi connectivity index (χ4n) is 3.69. The largest absolute Gasteiger partial charge is 0.374 e. The smallest absolute Gasteiger partial charge is 0.256 e. The zero-order valence-corrected chi connectivity index (χ0v) is 17.6. The first kappa shape index (κ1) is 19.4. The number of nitrogens with one attached hydrogen (secondary N) is 1. The highest BCUT2D eigenvalue weighted by Crippen LogP contribution is 2.41. The summed E-state index contributed by atoms with van der Waals surface area (Å²) in [6, 6.07) is 3.57. The van der Waals surface area contributed by atoms with Crippen molar-refractivity contribution in [3.63, 3.8) is 0 Å². The number of fused-ring (bicyclic) bond motifs is 1. The van der Waals surface area contributed by atoms with Crippen LogP contribution >= 0.6 is 11.3 Å². The highest BCUT2D eigenvalue weighted by atomic mass is 32.2. The summed E-state index contributed by atoms with van der Waals surface area (Å²) < 4.78 is 24.9. The van der Waals surface area contributed by atoms with Gasteiger partial charge < -0.3 is 15.3 Å². The number of rotatable bonds is 6. The van der Waals surface area contributed by atoms with Gasteiger partial charge in [-0.3, -0.25) is 4.79 Å². The lowest BCUT2D eigenvalue weighted by molar-refractivity contribution is 0.0694. The third kappa shape index (κ3) is 3.54. The van der Waals surface area contributed by atoms with Crippen LogP contribution in [0.15, 0.2) is 23.2 Å². The molecule has 1 fully saturated rings. The SMILES string of the molecule is CC(O)Nc1ncc(-c2cc3c(c(S(C)(=O)=O)c2)C(=O)N([C@@H](C)C2CC2)C3)s1. The maximum atomic E-state index is 13.0. The summed E-state index contributed by atoms with van der Waals surface area (Å²) in [4.78, 5) is 19.9. The number of aliphatic hydroxyl groups excluding tert-OH is 1. The number of nitrogens with zero attached hydrogens (tertiary/aromatic N) is 2. The van der Waals surface area contributed by atoms with Gasteiger partial charge in [0, 0.05) is 25.0 Å². The van der Waals surface area contributed by atoms with Crippen LogP contribution in [0, 0.1) is 5.92 Å². The number of carbonyl (C=O) groups is 1. The van der Waals surface area contributed by atoms with Crippen molar-refractivity contribution in [3.05, 3.63) is 29.5 Å². The molecule has 28 heavy (non-hydrogen) atoms. The summed E-state index contributed by atoms with van der Waals surface area (Å²) in [5.41, 5.74) is 1.77. The molecule has 2 aliphatic rings. The van der Waals surface area contributed by atoms with Crippen molar-refractivity contribution in [1.29, 1.82) is 0 Å². The number of carbonyl (C=O) groups excluding carboxylic acids is 1. The molecule has 0 bridgehead atoms. The Morgan fingerprint density at radius 1 is 1.32 bits per heavy atom. The zero-order chi connectivity index (χ0) is 20.2. The van der Waals surface area contributed by atoms with Crippen molar-refractivity contribution in [1.82, 2.24) is 9.88 Å². The third-order valence-electron chi connectivity index (χ3n) is 5.32. The van der Waals surface area contributed by atoms with E-state index < -0.39 is 16.1 Å². The van der Waals surface area contributed by atoms with Gasteiger partial charge in [0.25, 0.3) is 5.91 Å². The normalized spacial score (nSPS) is 18.9. The molecule has 0 spiro atoms. The molecule has 0 saturated heterocycles. The van der Waals surface area contributed by atoms with E-state index in [2.05, 4.69) is 10.3 Å². The molecule has 1 aromatic carbocycles. The number of aromatic nitrogens is 1. The van der Waals surface area contributed by atoms with E-state index in [1.165, 1.54) is 11.3 Å². The molecule has 2 atom stereocenters. The second kappa shape index (κ2) is 6.82. The minimum absolute atomic E-state index is 0.0777. The Hall–Kier alpha value is -1.97. The molecular weight excluding hydrogens is 398 g/mol. The Morgan fingerprint density at radius 2 is 2.04 bits per heavy atom. The lowest BCUT2D eigenvalue weighted by Crippen LogP contribution is -2.35. The van der Waals surface area contributed by atoms with Crippen LogP contribution in [0.5, 0.6) is 0 Å². The van der Waals surface area contributed by atoms with Gasteiger partial charge in [-0.15, -0.1) is 0 Å². The van der Waals surface area contributed by atoms with Gasteiger partial charge in [-0.05, 0) is 55.9 Å². The van der Waals surface area contributed by atoms with Gasteiger partial charge >= 0.3 is 0 Å². The van der Waals surface area contributed by atoms with E-state index in [9.17, 15) is 18.3 Å². The lowest BCUT2D eigenvalue weighted by Gasteiger charge is -2.24. The third-order valence-corrected chi connectivity index (χ3v) is 7.42. The second-order valence-electron chi connectivity index (χ2n) is 7.64. The van der Waals surface area contributed by atoms with E-state index in [0.717, 1.165) is 29.5 Å². The van der Waals surface area contributed by atoms with Crippen molar-refractivity contribution in [3.8, 4) is 10.4 Å². The Labute approximate surface area is 168 Å². The molecule has 150 valence electrons. The average Bonchev–Trinajstić information content (AvgIpc) is 3.27. The van der Waals surface area contributed by atoms with E-state index >= 15 is 0 Å². The lowest BCUT2D eigenvalue weighted by atomic mass is 10.1. The van der Waals surface area contributed by atoms with E-state index in [0.29, 0.717) is 28.7 Å². The molecule has 0 radical (unpaired) electrons. The number of hydrogen-bond acceptors (Lipinski definition) is 7. The van der Waals surface area contributed by atoms with Crippen LogP contribution < -0.4 is 5.32 Å². The van der Waals surface area contributed by atoms with Crippen LogP contribution in [0.2, 0.25) is 0 Å². The van der Waals surface area contributed by atoms with E-state index in [-0.39, 0.29) is 16.8 Å². The molecule has 1 amide bonds. The minimum Gasteiger partial charge on any atom is -0.374 e. The molecule has 7 nitrogen and oxygen atoms in total. The number of anilines is 1. The van der Waals surface area contributed by atoms with Crippen molar-refractivity contribution < 1.29 is 18.3 Å².